The molecule has 2 amide bonds. The van der Waals surface area contributed by atoms with Gasteiger partial charge in [0.2, 0.25) is 5.91 Å². The highest BCUT2D eigenvalue weighted by Crippen LogP contribution is 2.60. The molecule has 1 aromatic heterocycles. The second-order valence-corrected chi connectivity index (χ2v) is 19.9. The smallest absolute Gasteiger partial charge is 0.297 e. The standard InChI is InChI=1S/C45H49N3O7Si/c1-31-42(56(4,5)36-21-19-35(53-2)20-22-36)40(28-41(50)46(25-26-49)29-32-13-8-6-9-14-32)55-45(31)37-27-34(47-24-12-17-39(54-3)43(47)51)18-23-38(37)48(44(45)52)30-33-15-10-7-11-16-33/h6-24,27,31,40,42,49H,25-26,28-30H2,1-5H3/t31-,40+,42-,45+/m0/s1. The Hall–Kier alpha value is -5.49. The number of benzene rings is 4. The molecule has 1 N–H and O–H groups in total. The minimum atomic E-state index is -2.59. The van der Waals surface area contributed by atoms with Crippen LogP contribution in [0.4, 0.5) is 5.69 Å². The van der Waals surface area contributed by atoms with Crippen LogP contribution in [-0.2, 0) is 33.0 Å². The summed E-state index contributed by atoms with van der Waals surface area (Å²) in [6.45, 7) is 7.27. The number of aliphatic hydroxyl groups excluding tert-OH is 1. The summed E-state index contributed by atoms with van der Waals surface area (Å²) >= 11 is 0. The number of fused-ring (bicyclic) bond motifs is 2. The maximum absolute atomic E-state index is 15.4. The molecule has 10 nitrogen and oxygen atoms in total. The van der Waals surface area contributed by atoms with Crippen LogP contribution in [0.5, 0.6) is 11.5 Å². The first-order chi connectivity index (χ1) is 27.0. The number of carbonyl (C=O) groups excluding carboxylic acids is 2. The predicted octanol–water partition coefficient (Wildman–Crippen LogP) is 6.03. The molecule has 1 fully saturated rings. The zero-order valence-electron chi connectivity index (χ0n) is 32.6. The molecule has 11 heteroatoms. The van der Waals surface area contributed by atoms with Gasteiger partial charge in [-0.1, -0.05) is 98.0 Å². The predicted molar refractivity (Wildman–Crippen MR) is 219 cm³/mol. The molecule has 4 atom stereocenters. The summed E-state index contributed by atoms with van der Waals surface area (Å²) in [5.41, 5.74) is 1.84. The van der Waals surface area contributed by atoms with Crippen LogP contribution < -0.4 is 25.1 Å². The van der Waals surface area contributed by atoms with Gasteiger partial charge in [0.05, 0.1) is 53.7 Å². The van der Waals surface area contributed by atoms with Crippen LogP contribution in [0.3, 0.4) is 0 Å². The third kappa shape index (κ3) is 6.95. The van der Waals surface area contributed by atoms with Crippen LogP contribution in [0.25, 0.3) is 5.69 Å². The van der Waals surface area contributed by atoms with Gasteiger partial charge in [-0.25, -0.2) is 0 Å². The topological polar surface area (TPSA) is 111 Å². The number of ether oxygens (including phenoxy) is 3. The van der Waals surface area contributed by atoms with Gasteiger partial charge in [0.15, 0.2) is 11.4 Å². The van der Waals surface area contributed by atoms with E-state index in [9.17, 15) is 14.7 Å². The average molecular weight is 772 g/mol. The Labute approximate surface area is 328 Å². The fourth-order valence-electron chi connectivity index (χ4n) is 8.92. The van der Waals surface area contributed by atoms with E-state index in [1.165, 1.54) is 11.7 Å². The van der Waals surface area contributed by atoms with Crippen LogP contribution in [0.15, 0.2) is 126 Å². The molecule has 0 unspecified atom stereocenters. The summed E-state index contributed by atoms with van der Waals surface area (Å²) in [4.78, 5) is 46.8. The van der Waals surface area contributed by atoms with Crippen molar-refractivity contribution in [2.45, 2.75) is 56.8 Å². The molecule has 0 radical (unpaired) electrons. The minimum Gasteiger partial charge on any atom is -0.497 e. The van der Waals surface area contributed by atoms with Crippen molar-refractivity contribution in [1.29, 1.82) is 0 Å². The van der Waals surface area contributed by atoms with E-state index in [1.807, 2.05) is 91.0 Å². The molecular formula is C45H49N3O7Si. The molecule has 5 aromatic rings. The molecule has 7 rings (SSSR count). The lowest BCUT2D eigenvalue weighted by atomic mass is 9.82. The fraction of sp³-hybridized carbons (Fsp3) is 0.311. The summed E-state index contributed by atoms with van der Waals surface area (Å²) < 4.78 is 19.7. The SMILES string of the molecule is COc1ccc([Si](C)(C)[C@@H]2[C@@H](CC(=O)N(CCO)Cc3ccccc3)O[C@]3(C(=O)N(Cc4ccccc4)c4ccc(-n5cccc(OC)c5=O)cc43)[C@H]2C)cc1. The molecule has 1 spiro atoms. The summed E-state index contributed by atoms with van der Waals surface area (Å²) in [7, 11) is 0.518. The van der Waals surface area contributed by atoms with E-state index >= 15 is 4.79 Å². The quantitative estimate of drug-likeness (QED) is 0.146. The van der Waals surface area contributed by atoms with Crippen molar-refractivity contribution >= 4 is 30.8 Å². The molecule has 290 valence electrons. The minimum absolute atomic E-state index is 0.0203. The maximum atomic E-state index is 15.4. The average Bonchev–Trinajstić information content (AvgIpc) is 3.64. The van der Waals surface area contributed by atoms with E-state index < -0.39 is 19.8 Å². The molecule has 0 bridgehead atoms. The second-order valence-electron chi connectivity index (χ2n) is 15.2. The van der Waals surface area contributed by atoms with Crippen LogP contribution in [0.1, 0.15) is 30.0 Å². The number of amides is 2. The summed E-state index contributed by atoms with van der Waals surface area (Å²) in [5, 5.41) is 11.2. The number of hydrogen-bond acceptors (Lipinski definition) is 7. The van der Waals surface area contributed by atoms with Gasteiger partial charge in [-0.3, -0.25) is 19.0 Å². The third-order valence-electron chi connectivity index (χ3n) is 11.7. The van der Waals surface area contributed by atoms with E-state index in [1.54, 1.807) is 35.2 Å². The second kappa shape index (κ2) is 15.9. The molecular weight excluding hydrogens is 723 g/mol. The number of anilines is 1. The van der Waals surface area contributed by atoms with Gasteiger partial charge in [-0.05, 0) is 59.1 Å². The highest BCUT2D eigenvalue weighted by molar-refractivity contribution is 6.91. The number of rotatable bonds is 13. The Morgan fingerprint density at radius 2 is 1.55 bits per heavy atom. The number of hydrogen-bond donors (Lipinski definition) is 1. The van der Waals surface area contributed by atoms with Gasteiger partial charge in [0.1, 0.15) is 5.75 Å². The van der Waals surface area contributed by atoms with Crippen LogP contribution in [0.2, 0.25) is 18.6 Å². The summed E-state index contributed by atoms with van der Waals surface area (Å²) in [5.74, 6) is 0.201. The van der Waals surface area contributed by atoms with Crippen molar-refractivity contribution in [2.24, 2.45) is 5.92 Å². The molecule has 2 aliphatic rings. The van der Waals surface area contributed by atoms with Crippen molar-refractivity contribution in [3.8, 4) is 17.2 Å². The number of aromatic nitrogens is 1. The lowest BCUT2D eigenvalue weighted by Gasteiger charge is -2.37. The van der Waals surface area contributed by atoms with Crippen LogP contribution >= 0.6 is 0 Å². The van der Waals surface area contributed by atoms with E-state index in [0.717, 1.165) is 22.1 Å². The molecule has 2 aliphatic heterocycles. The number of aliphatic hydroxyl groups is 1. The number of nitrogens with zero attached hydrogens (tertiary/aromatic N) is 3. The van der Waals surface area contributed by atoms with Gasteiger partial charge in [0, 0.05) is 36.5 Å². The first-order valence-corrected chi connectivity index (χ1v) is 22.1. The zero-order valence-corrected chi connectivity index (χ0v) is 33.6. The van der Waals surface area contributed by atoms with Gasteiger partial charge in [0.25, 0.3) is 11.5 Å². The Morgan fingerprint density at radius 1 is 0.875 bits per heavy atom. The van der Waals surface area contributed by atoms with Gasteiger partial charge in [-0.2, -0.15) is 0 Å². The van der Waals surface area contributed by atoms with E-state index in [2.05, 4.69) is 32.2 Å². The van der Waals surface area contributed by atoms with Crippen molar-refractivity contribution < 1.29 is 28.9 Å². The van der Waals surface area contributed by atoms with Gasteiger partial charge in [-0.15, -0.1) is 0 Å². The summed E-state index contributed by atoms with van der Waals surface area (Å²) in [6, 6.07) is 36.7. The fourth-order valence-corrected chi connectivity index (χ4v) is 12.9. The Kier molecular flexibility index (Phi) is 11.0. The van der Waals surface area contributed by atoms with E-state index in [-0.39, 0.29) is 54.2 Å². The van der Waals surface area contributed by atoms with Crippen LogP contribution in [-0.4, -0.2) is 67.9 Å². The first kappa shape index (κ1) is 38.8. The molecule has 3 heterocycles. The van der Waals surface area contributed by atoms with Gasteiger partial charge < -0.3 is 29.1 Å². The van der Waals surface area contributed by atoms with Crippen molar-refractivity contribution in [2.75, 3.05) is 32.3 Å². The van der Waals surface area contributed by atoms with Crippen LogP contribution in [0, 0.1) is 5.92 Å². The molecule has 4 aromatic carbocycles. The number of methoxy groups -OCH3 is 2. The molecule has 56 heavy (non-hydrogen) atoms. The molecule has 0 aliphatic carbocycles. The lowest BCUT2D eigenvalue weighted by Crippen LogP contribution is -2.52. The van der Waals surface area contributed by atoms with Crippen molar-refractivity contribution in [1.82, 2.24) is 9.47 Å². The number of pyridine rings is 1. The largest absolute Gasteiger partial charge is 0.497 e. The monoisotopic (exact) mass is 771 g/mol. The first-order valence-electron chi connectivity index (χ1n) is 19.0. The van der Waals surface area contributed by atoms with Gasteiger partial charge >= 0.3 is 0 Å². The lowest BCUT2D eigenvalue weighted by molar-refractivity contribution is -0.150. The highest BCUT2D eigenvalue weighted by atomic mass is 28.3. The zero-order chi connectivity index (χ0) is 39.6. The normalized spacial score (nSPS) is 20.3. The summed E-state index contributed by atoms with van der Waals surface area (Å²) in [6.07, 6.45) is 1.06. The van der Waals surface area contributed by atoms with Crippen molar-refractivity contribution in [3.63, 3.8) is 0 Å². The highest BCUT2D eigenvalue weighted by Gasteiger charge is 2.66. The molecule has 0 saturated carbocycles. The Morgan fingerprint density at radius 3 is 2.20 bits per heavy atom. The Balaban J connectivity index is 1.37. The van der Waals surface area contributed by atoms with Crippen molar-refractivity contribution in [3.05, 3.63) is 149 Å². The molecule has 1 saturated heterocycles. The maximum Gasteiger partial charge on any atom is 0.297 e. The van der Waals surface area contributed by atoms with E-state index in [0.29, 0.717) is 30.0 Å². The number of carbonyl (C=O) groups is 2. The third-order valence-corrected chi connectivity index (χ3v) is 16.1. The van der Waals surface area contributed by atoms with E-state index in [4.69, 9.17) is 14.2 Å². The Bertz CT molecular complexity index is 2250.